The molecule has 2 aromatic carbocycles. The van der Waals surface area contributed by atoms with Gasteiger partial charge in [-0.2, -0.15) is 0 Å². The molecule has 2 aromatic rings. The molecule has 3 nitrogen and oxygen atoms in total. The van der Waals surface area contributed by atoms with Crippen molar-refractivity contribution in [2.45, 2.75) is 0 Å². The second-order valence-corrected chi connectivity index (χ2v) is 4.23. The van der Waals surface area contributed by atoms with E-state index in [0.29, 0.717) is 5.69 Å². The molecule has 0 radical (unpaired) electrons. The maximum Gasteiger partial charge on any atom is 0.0485 e. The summed E-state index contributed by atoms with van der Waals surface area (Å²) < 4.78 is 22.7. The van der Waals surface area contributed by atoms with Crippen LogP contribution in [0.25, 0.3) is 10.8 Å². The third kappa shape index (κ3) is 2.00. The molecule has 0 fully saturated rings. The number of benzene rings is 2. The van der Waals surface area contributed by atoms with E-state index in [1.165, 1.54) is 11.4 Å². The lowest BCUT2D eigenvalue weighted by Gasteiger charge is -2.21. The fourth-order valence-corrected chi connectivity index (χ4v) is 1.74. The maximum atomic E-state index is 10.8. The number of hydrogen-bond donors (Lipinski definition) is 0. The second-order valence-electron chi connectivity index (χ2n) is 3.25. The van der Waals surface area contributed by atoms with Gasteiger partial charge in [-0.15, -0.1) is 0 Å². The van der Waals surface area contributed by atoms with Gasteiger partial charge < -0.3 is 8.86 Å². The van der Waals surface area contributed by atoms with Gasteiger partial charge in [-0.3, -0.25) is 4.21 Å². The highest BCUT2D eigenvalue weighted by molar-refractivity contribution is 7.80. The Morgan fingerprint density at radius 1 is 1.13 bits per heavy atom. The van der Waals surface area contributed by atoms with Gasteiger partial charge in [-0.25, -0.2) is 0 Å². The van der Waals surface area contributed by atoms with Crippen LogP contribution in [0.4, 0.5) is 5.69 Å². The van der Waals surface area contributed by atoms with Crippen molar-refractivity contribution in [3.8, 4) is 0 Å². The minimum Gasteiger partial charge on any atom is -0.755 e. The van der Waals surface area contributed by atoms with Gasteiger partial charge in [-0.1, -0.05) is 30.3 Å². The van der Waals surface area contributed by atoms with Gasteiger partial charge in [0.25, 0.3) is 0 Å². The Labute approximate surface area is 90.8 Å². The normalized spacial score (nSPS) is 12.7. The fourth-order valence-electron chi connectivity index (χ4n) is 1.46. The van der Waals surface area contributed by atoms with Crippen LogP contribution in [0.2, 0.25) is 0 Å². The number of rotatable bonds is 2. The van der Waals surface area contributed by atoms with E-state index < -0.39 is 11.3 Å². The molecule has 0 aromatic heterocycles. The largest absolute Gasteiger partial charge is 0.755 e. The van der Waals surface area contributed by atoms with E-state index in [-0.39, 0.29) is 0 Å². The van der Waals surface area contributed by atoms with Crippen LogP contribution >= 0.6 is 0 Å². The smallest absolute Gasteiger partial charge is 0.0485 e. The molecule has 0 spiro atoms. The lowest BCUT2D eigenvalue weighted by molar-refractivity contribution is 0.535. The number of nitrogens with zero attached hydrogens (tertiary/aromatic N) is 1. The summed E-state index contributed by atoms with van der Waals surface area (Å²) in [6, 6.07) is 13.4. The molecule has 0 heterocycles. The summed E-state index contributed by atoms with van der Waals surface area (Å²) in [4.78, 5) is 0. The summed E-state index contributed by atoms with van der Waals surface area (Å²) in [6.07, 6.45) is 0. The molecule has 15 heavy (non-hydrogen) atoms. The number of fused-ring (bicyclic) bond motifs is 1. The lowest BCUT2D eigenvalue weighted by Crippen LogP contribution is -2.19. The van der Waals surface area contributed by atoms with Crippen molar-refractivity contribution in [1.29, 1.82) is 0 Å². The van der Waals surface area contributed by atoms with Crippen LogP contribution in [-0.2, 0) is 11.3 Å². The molecule has 0 aliphatic heterocycles. The molecule has 0 bridgehead atoms. The fraction of sp³-hybridized carbons (Fsp3) is 0.0909. The van der Waals surface area contributed by atoms with Gasteiger partial charge in [0.15, 0.2) is 0 Å². The van der Waals surface area contributed by atoms with Crippen LogP contribution in [-0.4, -0.2) is 15.8 Å². The van der Waals surface area contributed by atoms with Gasteiger partial charge in [0.05, 0.1) is 0 Å². The zero-order valence-corrected chi connectivity index (χ0v) is 9.03. The third-order valence-corrected chi connectivity index (χ3v) is 2.98. The minimum absolute atomic E-state index is 0.669. The Balaban J connectivity index is 2.51. The van der Waals surface area contributed by atoms with Crippen LogP contribution < -0.4 is 4.31 Å². The first-order valence-electron chi connectivity index (χ1n) is 4.50. The van der Waals surface area contributed by atoms with E-state index in [0.717, 1.165) is 10.8 Å². The van der Waals surface area contributed by atoms with E-state index in [2.05, 4.69) is 0 Å². The molecule has 0 saturated carbocycles. The van der Waals surface area contributed by atoms with E-state index in [1.807, 2.05) is 36.4 Å². The minimum atomic E-state index is -2.22. The Bertz CT molecular complexity index is 513. The van der Waals surface area contributed by atoms with Crippen molar-refractivity contribution in [2.75, 3.05) is 11.4 Å². The predicted molar refractivity (Wildman–Crippen MR) is 61.3 cm³/mol. The average Bonchev–Trinajstić information content (AvgIpc) is 2.27. The van der Waals surface area contributed by atoms with E-state index in [4.69, 9.17) is 0 Å². The van der Waals surface area contributed by atoms with Crippen LogP contribution in [0.1, 0.15) is 0 Å². The summed E-state index contributed by atoms with van der Waals surface area (Å²) in [5.74, 6) is 0. The number of hydrogen-bond acceptors (Lipinski definition) is 2. The first-order valence-corrected chi connectivity index (χ1v) is 5.53. The summed E-state index contributed by atoms with van der Waals surface area (Å²) in [5.41, 5.74) is 0.669. The molecule has 0 aliphatic rings. The Morgan fingerprint density at radius 3 is 2.47 bits per heavy atom. The highest BCUT2D eigenvalue weighted by Gasteiger charge is 2.01. The van der Waals surface area contributed by atoms with Crippen LogP contribution in [0.15, 0.2) is 42.5 Å². The Hall–Kier alpha value is -1.39. The first kappa shape index (κ1) is 10.1. The molecule has 0 saturated heterocycles. The molecule has 0 amide bonds. The summed E-state index contributed by atoms with van der Waals surface area (Å²) in [6.45, 7) is 0. The monoisotopic (exact) mass is 220 g/mol. The van der Waals surface area contributed by atoms with Crippen LogP contribution in [0.5, 0.6) is 0 Å². The van der Waals surface area contributed by atoms with Crippen molar-refractivity contribution >= 4 is 27.7 Å². The van der Waals surface area contributed by atoms with Crippen LogP contribution in [0.3, 0.4) is 0 Å². The molecule has 1 unspecified atom stereocenters. The summed E-state index contributed by atoms with van der Waals surface area (Å²) >= 11 is -2.22. The second kappa shape index (κ2) is 4.00. The highest BCUT2D eigenvalue weighted by Crippen LogP contribution is 2.21. The molecule has 78 valence electrons. The Morgan fingerprint density at radius 2 is 1.80 bits per heavy atom. The first-order chi connectivity index (χ1) is 7.18. The lowest BCUT2D eigenvalue weighted by atomic mass is 10.1. The van der Waals surface area contributed by atoms with Gasteiger partial charge in [-0.05, 0) is 22.9 Å². The molecule has 4 heteroatoms. The van der Waals surface area contributed by atoms with Gasteiger partial charge >= 0.3 is 0 Å². The van der Waals surface area contributed by atoms with Crippen LogP contribution in [0, 0.1) is 0 Å². The van der Waals surface area contributed by atoms with Gasteiger partial charge in [0.2, 0.25) is 0 Å². The molecule has 2 rings (SSSR count). The highest BCUT2D eigenvalue weighted by atomic mass is 32.2. The molecule has 1 atom stereocenters. The van der Waals surface area contributed by atoms with Gasteiger partial charge in [0, 0.05) is 24.0 Å². The van der Waals surface area contributed by atoms with Crippen molar-refractivity contribution in [1.82, 2.24) is 0 Å². The zero-order chi connectivity index (χ0) is 10.8. The Kier molecular flexibility index (Phi) is 2.70. The quantitative estimate of drug-likeness (QED) is 0.727. The van der Waals surface area contributed by atoms with E-state index in [9.17, 15) is 8.76 Å². The maximum absolute atomic E-state index is 10.8. The molecular formula is C11H10NO2S-. The summed E-state index contributed by atoms with van der Waals surface area (Å²) in [7, 11) is 1.52. The number of anilines is 1. The molecule has 0 N–H and O–H groups in total. The van der Waals surface area contributed by atoms with Crippen molar-refractivity contribution in [2.24, 2.45) is 0 Å². The standard InChI is InChI=1S/C11H11NO2S/c1-12(15(13)14)11-7-6-9-4-2-3-5-10(9)8-11/h2-8H,1H3,(H,13,14)/p-1. The van der Waals surface area contributed by atoms with E-state index >= 15 is 0 Å². The molecular weight excluding hydrogens is 210 g/mol. The van der Waals surface area contributed by atoms with Crippen molar-refractivity contribution in [3.05, 3.63) is 42.5 Å². The van der Waals surface area contributed by atoms with Crippen molar-refractivity contribution in [3.63, 3.8) is 0 Å². The third-order valence-electron chi connectivity index (χ3n) is 2.32. The van der Waals surface area contributed by atoms with Gasteiger partial charge in [0.1, 0.15) is 0 Å². The van der Waals surface area contributed by atoms with Crippen molar-refractivity contribution < 1.29 is 8.76 Å². The topological polar surface area (TPSA) is 43.4 Å². The molecule has 0 aliphatic carbocycles. The SMILES string of the molecule is CN(c1ccc2ccccc2c1)S(=O)[O-]. The predicted octanol–water partition coefficient (Wildman–Crippen LogP) is 2.07. The zero-order valence-electron chi connectivity index (χ0n) is 8.21. The average molecular weight is 220 g/mol. The van der Waals surface area contributed by atoms with E-state index in [1.54, 1.807) is 6.07 Å². The summed E-state index contributed by atoms with van der Waals surface area (Å²) in [5, 5.41) is 2.14.